The third-order valence-electron chi connectivity index (χ3n) is 3.62. The van der Waals surface area contributed by atoms with Gasteiger partial charge in [-0.05, 0) is 27.2 Å². The van der Waals surface area contributed by atoms with Crippen LogP contribution in [0.2, 0.25) is 0 Å². The molecule has 21 heavy (non-hydrogen) atoms. The van der Waals surface area contributed by atoms with Crippen LogP contribution in [0, 0.1) is 26.7 Å². The molecule has 3 rings (SSSR count). The van der Waals surface area contributed by atoms with Gasteiger partial charge in [-0.1, -0.05) is 5.16 Å². The number of anilines is 1. The fraction of sp³-hybridized carbons (Fsp3) is 0.615. The molecule has 1 saturated heterocycles. The van der Waals surface area contributed by atoms with Gasteiger partial charge in [0.05, 0.1) is 11.4 Å². The third kappa shape index (κ3) is 2.99. The summed E-state index contributed by atoms with van der Waals surface area (Å²) in [5.74, 6) is 1.94. The highest BCUT2D eigenvalue weighted by atomic mass is 16.5. The van der Waals surface area contributed by atoms with E-state index < -0.39 is 0 Å². The highest BCUT2D eigenvalue weighted by molar-refractivity contribution is 5.24. The second-order valence-electron chi connectivity index (χ2n) is 5.21. The van der Waals surface area contributed by atoms with Gasteiger partial charge in [0.15, 0.2) is 5.82 Å². The maximum atomic E-state index is 5.70. The maximum absolute atomic E-state index is 5.70. The maximum Gasteiger partial charge on any atom is 0.256 e. The number of aromatic nitrogens is 5. The first-order valence-corrected chi connectivity index (χ1v) is 6.97. The summed E-state index contributed by atoms with van der Waals surface area (Å²) in [5.41, 5.74) is 1.71. The first-order chi connectivity index (χ1) is 10.1. The molecule has 1 aliphatic rings. The summed E-state index contributed by atoms with van der Waals surface area (Å²) >= 11 is 0. The van der Waals surface area contributed by atoms with E-state index in [0.717, 1.165) is 17.8 Å². The predicted octanol–water partition coefficient (Wildman–Crippen LogP) is 1.37. The molecule has 1 aliphatic heterocycles. The smallest absolute Gasteiger partial charge is 0.256 e. The van der Waals surface area contributed by atoms with Crippen molar-refractivity contribution >= 4 is 5.95 Å². The molecule has 1 N–H and O–H groups in total. The Labute approximate surface area is 122 Å². The van der Waals surface area contributed by atoms with E-state index in [-0.39, 0.29) is 12.0 Å². The van der Waals surface area contributed by atoms with Gasteiger partial charge in [0.2, 0.25) is 5.95 Å². The molecule has 0 amide bonds. The summed E-state index contributed by atoms with van der Waals surface area (Å²) in [5, 5.41) is 15.1. The largest absolute Gasteiger partial charge is 0.368 e. The van der Waals surface area contributed by atoms with Crippen LogP contribution >= 0.6 is 0 Å². The molecule has 0 bridgehead atoms. The Hall–Kier alpha value is -2.09. The van der Waals surface area contributed by atoms with Crippen molar-refractivity contribution in [3.05, 3.63) is 23.1 Å². The Balaban J connectivity index is 1.65. The van der Waals surface area contributed by atoms with Crippen LogP contribution in [0.1, 0.15) is 35.6 Å². The first-order valence-electron chi connectivity index (χ1n) is 6.97. The molecular formula is C13H18N6O2. The van der Waals surface area contributed by atoms with Crippen LogP contribution in [-0.4, -0.2) is 38.5 Å². The van der Waals surface area contributed by atoms with Gasteiger partial charge in [0.25, 0.3) is 5.89 Å². The van der Waals surface area contributed by atoms with Crippen molar-refractivity contribution in [2.75, 3.05) is 18.5 Å². The number of aryl methyl sites for hydroxylation is 3. The number of nitrogens with one attached hydrogen (secondary N) is 1. The second kappa shape index (κ2) is 5.72. The van der Waals surface area contributed by atoms with E-state index in [4.69, 9.17) is 9.26 Å². The van der Waals surface area contributed by atoms with Crippen LogP contribution in [0.15, 0.2) is 4.52 Å². The van der Waals surface area contributed by atoms with E-state index in [1.54, 1.807) is 6.92 Å². The number of hydrogen-bond acceptors (Lipinski definition) is 8. The summed E-state index contributed by atoms with van der Waals surface area (Å²) in [7, 11) is 0. The van der Waals surface area contributed by atoms with Gasteiger partial charge in [0.1, 0.15) is 6.10 Å². The average molecular weight is 290 g/mol. The van der Waals surface area contributed by atoms with Gasteiger partial charge in [-0.2, -0.15) is 10.1 Å². The van der Waals surface area contributed by atoms with E-state index in [2.05, 4.69) is 30.6 Å². The quantitative estimate of drug-likeness (QED) is 0.901. The fourth-order valence-electron chi connectivity index (χ4n) is 2.30. The Morgan fingerprint density at radius 3 is 2.71 bits per heavy atom. The Morgan fingerprint density at radius 1 is 1.14 bits per heavy atom. The lowest BCUT2D eigenvalue weighted by molar-refractivity contribution is 0.0649. The molecule has 0 spiro atoms. The Kier molecular flexibility index (Phi) is 3.78. The molecule has 0 saturated carbocycles. The standard InChI is InChI=1S/C13H18N6O2/c1-7-8(2)17-18-13(15-7)14-6-10-4-5-20-11(10)12-16-9(3)19-21-12/h10-11H,4-6H2,1-3H3,(H,14,15,18)/t10-,11-/m0/s1. The van der Waals surface area contributed by atoms with Crippen molar-refractivity contribution in [3.63, 3.8) is 0 Å². The van der Waals surface area contributed by atoms with Crippen LogP contribution in [0.25, 0.3) is 0 Å². The predicted molar refractivity (Wildman–Crippen MR) is 73.6 cm³/mol. The molecular weight excluding hydrogens is 272 g/mol. The lowest BCUT2D eigenvalue weighted by atomic mass is 10.0. The van der Waals surface area contributed by atoms with Gasteiger partial charge in [-0.3, -0.25) is 0 Å². The van der Waals surface area contributed by atoms with E-state index in [1.807, 2.05) is 13.8 Å². The molecule has 2 aromatic heterocycles. The SMILES string of the molecule is Cc1noc([C@H]2OCC[C@H]2CNc2nnc(C)c(C)n2)n1. The fourth-order valence-corrected chi connectivity index (χ4v) is 2.30. The van der Waals surface area contributed by atoms with Gasteiger partial charge in [-0.15, -0.1) is 5.10 Å². The zero-order valence-corrected chi connectivity index (χ0v) is 12.3. The molecule has 8 heteroatoms. The van der Waals surface area contributed by atoms with Crippen molar-refractivity contribution in [2.45, 2.75) is 33.3 Å². The molecule has 0 aromatic carbocycles. The van der Waals surface area contributed by atoms with Crippen LogP contribution < -0.4 is 5.32 Å². The summed E-state index contributed by atoms with van der Waals surface area (Å²) in [6.07, 6.45) is 0.760. The molecule has 0 unspecified atom stereocenters. The number of ether oxygens (including phenoxy) is 1. The lowest BCUT2D eigenvalue weighted by Gasteiger charge is -2.15. The van der Waals surface area contributed by atoms with Crippen molar-refractivity contribution < 1.29 is 9.26 Å². The van der Waals surface area contributed by atoms with Crippen LogP contribution in [-0.2, 0) is 4.74 Å². The molecule has 8 nitrogen and oxygen atoms in total. The van der Waals surface area contributed by atoms with Crippen molar-refractivity contribution in [1.29, 1.82) is 0 Å². The van der Waals surface area contributed by atoms with Gasteiger partial charge in [-0.25, -0.2) is 4.98 Å². The summed E-state index contributed by atoms with van der Waals surface area (Å²) in [4.78, 5) is 8.61. The Bertz CT molecular complexity index is 629. The van der Waals surface area contributed by atoms with E-state index in [0.29, 0.717) is 30.8 Å². The van der Waals surface area contributed by atoms with E-state index in [1.165, 1.54) is 0 Å². The average Bonchev–Trinajstić information content (AvgIpc) is 3.08. The first kappa shape index (κ1) is 13.9. The molecule has 112 valence electrons. The second-order valence-corrected chi connectivity index (χ2v) is 5.21. The minimum absolute atomic E-state index is 0.168. The van der Waals surface area contributed by atoms with Crippen molar-refractivity contribution in [2.24, 2.45) is 5.92 Å². The monoisotopic (exact) mass is 290 g/mol. The lowest BCUT2D eigenvalue weighted by Crippen LogP contribution is -2.19. The molecule has 3 heterocycles. The number of rotatable bonds is 4. The minimum Gasteiger partial charge on any atom is -0.368 e. The number of nitrogens with zero attached hydrogens (tertiary/aromatic N) is 5. The molecule has 2 atom stereocenters. The molecule has 0 radical (unpaired) electrons. The number of hydrogen-bond donors (Lipinski definition) is 1. The zero-order chi connectivity index (χ0) is 14.8. The van der Waals surface area contributed by atoms with Crippen LogP contribution in [0.4, 0.5) is 5.95 Å². The van der Waals surface area contributed by atoms with E-state index >= 15 is 0 Å². The normalized spacial score (nSPS) is 21.7. The van der Waals surface area contributed by atoms with Gasteiger partial charge >= 0.3 is 0 Å². The third-order valence-corrected chi connectivity index (χ3v) is 3.62. The van der Waals surface area contributed by atoms with Crippen LogP contribution in [0.3, 0.4) is 0 Å². The zero-order valence-electron chi connectivity index (χ0n) is 12.3. The van der Waals surface area contributed by atoms with Crippen molar-refractivity contribution in [1.82, 2.24) is 25.3 Å². The van der Waals surface area contributed by atoms with Gasteiger partial charge in [0, 0.05) is 19.1 Å². The highest BCUT2D eigenvalue weighted by Crippen LogP contribution is 2.33. The Morgan fingerprint density at radius 2 is 2.00 bits per heavy atom. The van der Waals surface area contributed by atoms with Gasteiger partial charge < -0.3 is 14.6 Å². The summed E-state index contributed by atoms with van der Waals surface area (Å²) in [6, 6.07) is 0. The summed E-state index contributed by atoms with van der Waals surface area (Å²) in [6.45, 7) is 6.96. The van der Waals surface area contributed by atoms with Crippen LogP contribution in [0.5, 0.6) is 0 Å². The summed E-state index contributed by atoms with van der Waals surface area (Å²) < 4.78 is 10.9. The minimum atomic E-state index is -0.168. The topological polar surface area (TPSA) is 98.9 Å². The molecule has 2 aromatic rings. The van der Waals surface area contributed by atoms with Crippen molar-refractivity contribution in [3.8, 4) is 0 Å². The molecule has 0 aliphatic carbocycles. The highest BCUT2D eigenvalue weighted by Gasteiger charge is 2.33. The molecule has 1 fully saturated rings. The van der Waals surface area contributed by atoms with E-state index in [9.17, 15) is 0 Å².